The number of nitrogens with one attached hydrogen (secondary N) is 2. The molecule has 4 aromatic heterocycles. The lowest BCUT2D eigenvalue weighted by Gasteiger charge is -2.27. The van der Waals surface area contributed by atoms with Gasteiger partial charge in [0.25, 0.3) is 11.1 Å². The quantitative estimate of drug-likeness (QED) is 0.143. The Morgan fingerprint density at radius 2 is 1.72 bits per heavy atom. The number of anilines is 1. The van der Waals surface area contributed by atoms with Crippen LogP contribution in [0.15, 0.2) is 28.6 Å². The molecule has 3 saturated heterocycles. The first-order valence-electron chi connectivity index (χ1n) is 12.7. The number of fused-ring (bicyclic) bond motifs is 5. The number of aromatic amines is 2. The van der Waals surface area contributed by atoms with Crippen LogP contribution in [0.2, 0.25) is 0 Å². The van der Waals surface area contributed by atoms with Crippen LogP contribution < -0.4 is 16.9 Å². The van der Waals surface area contributed by atoms with E-state index in [-0.39, 0.29) is 48.7 Å². The molecule has 0 saturated carbocycles. The molecule has 7 heterocycles. The molecule has 0 spiro atoms. The van der Waals surface area contributed by atoms with Crippen molar-refractivity contribution in [2.24, 2.45) is 0 Å². The second kappa shape index (κ2) is 11.0. The zero-order chi connectivity index (χ0) is 30.1. The van der Waals surface area contributed by atoms with Crippen molar-refractivity contribution in [3.8, 4) is 0 Å². The van der Waals surface area contributed by atoms with Gasteiger partial charge in [0.2, 0.25) is 11.6 Å². The number of aromatic nitrogens is 8. The summed E-state index contributed by atoms with van der Waals surface area (Å²) in [5.74, 6) is -0.115. The number of ether oxygens (including phenoxy) is 2. The SMILES string of the molecule is Nc1nc2c(ncn2[C@@H]2O[C@@H]3COP(=S)(S)O[C@H]4C[C@H](n5cnc6c(=O)[nH]cnc65)O[C@@H]4COP(O)(=S)O[C@@H]2C3)c(=O)[nH]1. The van der Waals surface area contributed by atoms with Crippen molar-refractivity contribution in [2.75, 3.05) is 18.9 Å². The molecular formula is C20H23N9O9P2S3. The molecular weight excluding hydrogens is 668 g/mol. The molecule has 2 bridgehead atoms. The average molecular weight is 692 g/mol. The fourth-order valence-corrected chi connectivity index (χ4v) is 8.75. The molecule has 0 radical (unpaired) electrons. The van der Waals surface area contributed by atoms with Gasteiger partial charge in [-0.15, -0.1) is 0 Å². The number of hydrogen-bond donors (Lipinski definition) is 5. The maximum absolute atomic E-state index is 12.3. The van der Waals surface area contributed by atoms with Crippen LogP contribution in [0.25, 0.3) is 22.3 Å². The Morgan fingerprint density at radius 3 is 2.53 bits per heavy atom. The van der Waals surface area contributed by atoms with E-state index in [0.717, 1.165) is 0 Å². The van der Waals surface area contributed by atoms with Crippen molar-refractivity contribution in [2.45, 2.75) is 49.7 Å². The Morgan fingerprint density at radius 1 is 0.953 bits per heavy atom. The molecule has 2 unspecified atom stereocenters. The molecule has 230 valence electrons. The van der Waals surface area contributed by atoms with Gasteiger partial charge in [-0.05, 0) is 23.6 Å². The highest BCUT2D eigenvalue weighted by atomic mass is 32.9. The van der Waals surface area contributed by atoms with Crippen LogP contribution in [0.3, 0.4) is 0 Å². The highest BCUT2D eigenvalue weighted by molar-refractivity contribution is 8.60. The summed E-state index contributed by atoms with van der Waals surface area (Å²) in [7, 11) is 0. The number of imidazole rings is 2. The summed E-state index contributed by atoms with van der Waals surface area (Å²) in [6.45, 7) is -4.17. The van der Waals surface area contributed by atoms with E-state index < -0.39 is 60.4 Å². The number of hydrogen-bond acceptors (Lipinski definition) is 15. The summed E-state index contributed by atoms with van der Waals surface area (Å²) < 4.78 is 39.3. The zero-order valence-corrected chi connectivity index (χ0v) is 26.0. The van der Waals surface area contributed by atoms with Crippen molar-refractivity contribution >= 4 is 76.6 Å². The largest absolute Gasteiger partial charge is 0.369 e. The molecule has 3 aliphatic rings. The van der Waals surface area contributed by atoms with Gasteiger partial charge in [0.1, 0.15) is 18.4 Å². The Hall–Kier alpha value is -2.13. The molecule has 18 nitrogen and oxygen atoms in total. The van der Waals surface area contributed by atoms with E-state index in [4.69, 9.17) is 56.9 Å². The van der Waals surface area contributed by atoms with Gasteiger partial charge in [0.15, 0.2) is 28.6 Å². The van der Waals surface area contributed by atoms with Crippen molar-refractivity contribution in [3.63, 3.8) is 0 Å². The normalized spacial score (nSPS) is 35.4. The van der Waals surface area contributed by atoms with Gasteiger partial charge in [-0.2, -0.15) is 4.98 Å². The van der Waals surface area contributed by atoms with E-state index >= 15 is 0 Å². The van der Waals surface area contributed by atoms with E-state index in [9.17, 15) is 14.5 Å². The molecule has 3 aliphatic heterocycles. The summed E-state index contributed by atoms with van der Waals surface area (Å²) in [5, 5.41) is 0. The second-order valence-corrected chi connectivity index (χ2v) is 17.9. The monoisotopic (exact) mass is 691 g/mol. The lowest BCUT2D eigenvalue weighted by Crippen LogP contribution is -2.29. The van der Waals surface area contributed by atoms with E-state index in [1.54, 1.807) is 4.57 Å². The molecule has 0 aliphatic carbocycles. The highest BCUT2D eigenvalue weighted by Gasteiger charge is 2.45. The van der Waals surface area contributed by atoms with Gasteiger partial charge in [-0.1, -0.05) is 12.2 Å². The van der Waals surface area contributed by atoms with Gasteiger partial charge < -0.3 is 43.2 Å². The minimum absolute atomic E-state index is 0.0321. The summed E-state index contributed by atoms with van der Waals surface area (Å²) >= 11 is 15.5. The predicted molar refractivity (Wildman–Crippen MR) is 159 cm³/mol. The molecule has 3 fully saturated rings. The Balaban J connectivity index is 1.17. The number of rotatable bonds is 2. The molecule has 23 heteroatoms. The lowest BCUT2D eigenvalue weighted by atomic mass is 10.2. The third-order valence-corrected chi connectivity index (χ3v) is 10.9. The number of H-pyrrole nitrogens is 2. The number of thiol groups is 1. The first-order valence-corrected chi connectivity index (χ1v) is 19.1. The minimum atomic E-state index is -3.91. The lowest BCUT2D eigenvalue weighted by molar-refractivity contribution is -0.0561. The number of nitrogen functional groups attached to an aromatic ring is 1. The number of nitrogens with zero attached hydrogens (tertiary/aromatic N) is 6. The molecule has 5 N–H and O–H groups in total. The standard InChI is InChI=1S/C20H23N9O9P2S3/c21-20-26-16-14(18(31)27-20)25-7-29(16)19-10-1-8(35-19)3-34-40(42,43)38-9-2-12(36-11(9)4-33-39(32,41)37-10)28-6-24-13-15(28)22-5-23-17(13)30/h5-12,19H,1-4H2,(H,32,41)(H,42,43)(H,22,23,30)(H3,21,26,27,31)/t8-,9-,10+,11+,12+,19+,39?/m0/s1. The molecule has 0 aromatic carbocycles. The maximum atomic E-state index is 12.3. The Kier molecular flexibility index (Phi) is 7.59. The smallest absolute Gasteiger partial charge is 0.325 e. The van der Waals surface area contributed by atoms with Crippen molar-refractivity contribution in [3.05, 3.63) is 39.7 Å². The first kappa shape index (κ1) is 29.6. The molecule has 7 rings (SSSR count). The van der Waals surface area contributed by atoms with Crippen molar-refractivity contribution in [1.29, 1.82) is 0 Å². The zero-order valence-electron chi connectivity index (χ0n) is 21.7. The fourth-order valence-electron chi connectivity index (χ4n) is 5.25. The Labute approximate surface area is 255 Å². The van der Waals surface area contributed by atoms with Crippen LogP contribution >= 0.6 is 24.7 Å². The summed E-state index contributed by atoms with van der Waals surface area (Å²) in [6.07, 6.45) is -0.0395. The molecule has 8 atom stereocenters. The number of nitrogens with two attached hydrogens (primary N) is 1. The second-order valence-electron chi connectivity index (χ2n) is 9.90. The summed E-state index contributed by atoms with van der Waals surface area (Å²) in [5.41, 5.74) is 2.29. The highest BCUT2D eigenvalue weighted by Crippen LogP contribution is 2.58. The van der Waals surface area contributed by atoms with Crippen LogP contribution in [0.5, 0.6) is 0 Å². The summed E-state index contributed by atoms with van der Waals surface area (Å²) in [6, 6.07) is 0. The minimum Gasteiger partial charge on any atom is -0.369 e. The average Bonchev–Trinajstić information content (AvgIpc) is 3.71. The van der Waals surface area contributed by atoms with Gasteiger partial charge in [0, 0.05) is 12.8 Å². The van der Waals surface area contributed by atoms with Crippen LogP contribution in [0, 0.1) is 0 Å². The topological polar surface area (TPSA) is 229 Å². The van der Waals surface area contributed by atoms with Gasteiger partial charge in [-0.25, -0.2) is 15.0 Å². The van der Waals surface area contributed by atoms with Gasteiger partial charge in [0.05, 0.1) is 44.4 Å². The van der Waals surface area contributed by atoms with Crippen molar-refractivity contribution in [1.82, 2.24) is 39.0 Å². The summed E-state index contributed by atoms with van der Waals surface area (Å²) in [4.78, 5) is 57.1. The predicted octanol–water partition coefficient (Wildman–Crippen LogP) is 0.598. The van der Waals surface area contributed by atoms with Crippen LogP contribution in [0.1, 0.15) is 25.3 Å². The Bertz CT molecular complexity index is 1930. The third-order valence-electron chi connectivity index (χ3n) is 7.09. The molecule has 0 amide bonds. The van der Waals surface area contributed by atoms with Crippen molar-refractivity contribution < 1.29 is 32.5 Å². The van der Waals surface area contributed by atoms with Crippen LogP contribution in [0.4, 0.5) is 5.95 Å². The molecule has 4 aromatic rings. The van der Waals surface area contributed by atoms with E-state index in [1.807, 2.05) is 0 Å². The first-order chi connectivity index (χ1) is 20.5. The maximum Gasteiger partial charge on any atom is 0.325 e. The van der Waals surface area contributed by atoms with E-state index in [2.05, 4.69) is 42.2 Å². The van der Waals surface area contributed by atoms with Crippen LogP contribution in [-0.4, -0.2) is 81.6 Å². The van der Waals surface area contributed by atoms with Crippen LogP contribution in [-0.2, 0) is 51.2 Å². The van der Waals surface area contributed by atoms with Gasteiger partial charge in [-0.3, -0.25) is 23.7 Å². The fraction of sp³-hybridized carbons (Fsp3) is 0.500. The van der Waals surface area contributed by atoms with E-state index in [0.29, 0.717) is 5.65 Å². The molecule has 43 heavy (non-hydrogen) atoms. The third kappa shape index (κ3) is 5.73. The van der Waals surface area contributed by atoms with Gasteiger partial charge >= 0.3 is 6.72 Å². The van der Waals surface area contributed by atoms with E-state index in [1.165, 1.54) is 23.5 Å².